The van der Waals surface area contributed by atoms with E-state index in [4.69, 9.17) is 22.9 Å². The van der Waals surface area contributed by atoms with Crippen molar-refractivity contribution in [3.05, 3.63) is 35.9 Å². The van der Waals surface area contributed by atoms with Gasteiger partial charge in [0.1, 0.15) is 41.8 Å². The summed E-state index contributed by atoms with van der Waals surface area (Å²) in [5.74, 6) is -8.06. The molecule has 8 amide bonds. The Hall–Kier alpha value is -6.52. The van der Waals surface area contributed by atoms with Crippen LogP contribution in [0.2, 0.25) is 0 Å². The van der Waals surface area contributed by atoms with Gasteiger partial charge in [-0.25, -0.2) is 4.79 Å². The molecule has 3 saturated carbocycles. The molecule has 0 spiro atoms. The fraction of sp³-hybridized carbons (Fsp3) is 0.709. The molecule has 1 aromatic carbocycles. The molecule has 0 saturated heterocycles. The summed E-state index contributed by atoms with van der Waals surface area (Å²) in [5, 5.41) is 64.2. The molecule has 82 heavy (non-hydrogen) atoms. The van der Waals surface area contributed by atoms with E-state index in [0.29, 0.717) is 63.5 Å². The van der Waals surface area contributed by atoms with E-state index in [1.165, 1.54) is 19.4 Å². The lowest BCUT2D eigenvalue weighted by Crippen LogP contribution is -2.67. The Morgan fingerprint density at radius 3 is 1.71 bits per heavy atom. The molecule has 0 aliphatic heterocycles. The zero-order chi connectivity index (χ0) is 60.6. The van der Waals surface area contributed by atoms with Crippen LogP contribution in [0.3, 0.4) is 0 Å². The van der Waals surface area contributed by atoms with Crippen molar-refractivity contribution in [3.63, 3.8) is 0 Å². The van der Waals surface area contributed by atoms with Gasteiger partial charge in [-0.05, 0) is 123 Å². The molecule has 0 bridgehead atoms. The topological polar surface area (TPSA) is 459 Å². The van der Waals surface area contributed by atoms with Gasteiger partial charge < -0.3 is 91.2 Å². The number of carboxylic acids is 1. The summed E-state index contributed by atoms with van der Waals surface area (Å²) in [4.78, 5) is 127. The van der Waals surface area contributed by atoms with Crippen molar-refractivity contribution in [2.45, 2.75) is 220 Å². The van der Waals surface area contributed by atoms with E-state index in [-0.39, 0.29) is 64.0 Å². The van der Waals surface area contributed by atoms with Gasteiger partial charge in [-0.2, -0.15) is 0 Å². The molecule has 3 aliphatic rings. The van der Waals surface area contributed by atoms with Gasteiger partial charge in [0.05, 0.1) is 24.4 Å². The van der Waals surface area contributed by atoms with Crippen molar-refractivity contribution in [2.75, 3.05) is 26.2 Å². The molecule has 21 N–H and O–H groups in total. The Morgan fingerprint density at radius 1 is 0.610 bits per heavy atom. The maximum atomic E-state index is 14.6. The number of nitrogens with zero attached hydrogens (tertiary/aromatic N) is 1. The predicted octanol–water partition coefficient (Wildman–Crippen LogP) is -2.78. The van der Waals surface area contributed by atoms with Crippen LogP contribution in [0.25, 0.3) is 0 Å². The van der Waals surface area contributed by atoms with E-state index in [1.54, 1.807) is 0 Å². The normalized spacial score (nSPS) is 20.4. The second-order valence-corrected chi connectivity index (χ2v) is 22.3. The number of aliphatic hydroxyl groups is 3. The number of aliphatic imine (C=N–C) groups is 1. The van der Waals surface area contributed by atoms with Crippen LogP contribution in [0.4, 0.5) is 0 Å². The Kier molecular flexibility index (Phi) is 27.8. The van der Waals surface area contributed by atoms with Crippen LogP contribution in [0.5, 0.6) is 0 Å². The molecule has 0 heterocycles. The highest BCUT2D eigenvalue weighted by atomic mass is 16.4. The molecule has 3 fully saturated rings. The number of benzene rings is 1. The zero-order valence-corrected chi connectivity index (χ0v) is 47.7. The van der Waals surface area contributed by atoms with Gasteiger partial charge in [0.15, 0.2) is 12.0 Å². The number of carbonyl (C=O) groups excluding carboxylic acids is 8. The third kappa shape index (κ3) is 21.3. The Morgan fingerprint density at radius 2 is 1.15 bits per heavy atom. The fourth-order valence-corrected chi connectivity index (χ4v) is 10.4. The van der Waals surface area contributed by atoms with E-state index >= 15 is 0 Å². The summed E-state index contributed by atoms with van der Waals surface area (Å²) >= 11 is 0. The van der Waals surface area contributed by atoms with E-state index in [1.807, 2.05) is 23.5 Å². The van der Waals surface area contributed by atoms with Crippen molar-refractivity contribution in [2.24, 2.45) is 27.9 Å². The number of guanidine groups is 1. The number of nitrogens with two attached hydrogens (primary N) is 4. The van der Waals surface area contributed by atoms with Crippen molar-refractivity contribution in [1.29, 1.82) is 0 Å². The van der Waals surface area contributed by atoms with Gasteiger partial charge in [-0.15, -0.1) is 0 Å². The van der Waals surface area contributed by atoms with Crippen molar-refractivity contribution in [1.82, 2.24) is 47.9 Å². The smallest absolute Gasteiger partial charge is 0.328 e. The number of aliphatic hydroxyl groups excluding tert-OH is 3. The molecule has 27 heteroatoms. The molecular formula is C55H92N14O13. The van der Waals surface area contributed by atoms with E-state index in [9.17, 15) is 63.6 Å². The van der Waals surface area contributed by atoms with E-state index in [0.717, 1.165) is 39.0 Å². The summed E-state index contributed by atoms with van der Waals surface area (Å²) < 4.78 is 0. The minimum atomic E-state index is -1.78. The third-order valence-electron chi connectivity index (χ3n) is 15.5. The number of hydrogen-bond acceptors (Lipinski definition) is 16. The van der Waals surface area contributed by atoms with E-state index < -0.39 is 125 Å². The largest absolute Gasteiger partial charge is 0.480 e. The van der Waals surface area contributed by atoms with Crippen LogP contribution in [0.1, 0.15) is 154 Å². The Balaban J connectivity index is 1.46. The first kappa shape index (κ1) is 68.0. The number of carboxylic acid groups (broad SMARTS) is 1. The minimum absolute atomic E-state index is 0.0153. The first-order valence-electron chi connectivity index (χ1n) is 28.9. The summed E-state index contributed by atoms with van der Waals surface area (Å²) in [7, 11) is 0. The summed E-state index contributed by atoms with van der Waals surface area (Å²) in [5.41, 5.74) is 21.9. The highest BCUT2D eigenvalue weighted by Gasteiger charge is 2.46. The summed E-state index contributed by atoms with van der Waals surface area (Å²) in [6, 6.07) is 0.213. The second kappa shape index (κ2) is 33.6. The van der Waals surface area contributed by atoms with Gasteiger partial charge in [-0.1, -0.05) is 68.9 Å². The lowest BCUT2D eigenvalue weighted by molar-refractivity contribution is -0.145. The van der Waals surface area contributed by atoms with Crippen LogP contribution in [-0.4, -0.2) is 177 Å². The molecule has 27 nitrogen and oxygen atoms in total. The SMILES string of the molecule is C[C@H](NC(=O)[C@@H](NC(=O)C1(NC(=O)[C@H](CCCCN[C@H]2C[C@@H]2c2ccccc2)NC(=O)C2(N)CCCCC2)CCCCC1)[C@@H](C)O)C(=O)N[C@@H](CCCN=C(N)N)C(=O)N[C@@H](CCCCN)C(=O)N[C@@H](CO)C(=O)N[C@H](C(=O)O)[C@@H](C)O. The van der Waals surface area contributed by atoms with Gasteiger partial charge in [-0.3, -0.25) is 43.3 Å². The van der Waals surface area contributed by atoms with Crippen LogP contribution in [0.15, 0.2) is 35.3 Å². The molecule has 460 valence electrons. The summed E-state index contributed by atoms with van der Waals surface area (Å²) in [6.07, 6.45) is 5.77. The average molecular weight is 1160 g/mol. The van der Waals surface area contributed by atoms with Gasteiger partial charge in [0.2, 0.25) is 47.3 Å². The van der Waals surface area contributed by atoms with Crippen molar-refractivity contribution < 1.29 is 63.6 Å². The quantitative estimate of drug-likeness (QED) is 0.0186. The second-order valence-electron chi connectivity index (χ2n) is 22.3. The number of amides is 8. The number of carbonyl (C=O) groups is 9. The number of unbranched alkanes of at least 4 members (excludes halogenated alkanes) is 2. The standard InChI is InChI=1S/C55H92N14O13/c1-32(44(73)63-38(22-17-29-61-53(57)58)45(74)64-37(20-9-15-27-56)46(75)65-41(31-70)47(76)67-43(34(3)72)50(79)80)62-49(78)42(33(2)71)68-52(82)55(25-13-6-14-26-55)69-48(77)39(66-51(81)54(59)23-11-5-12-24-54)21-10-16-28-60-40-30-36(40)35-18-7-4-8-19-35/h4,7-8,18-19,32-34,36-43,60,70-72H,5-6,9-17,20-31,56,59H2,1-3H3,(H,62,78)(H,63,73)(H,64,74)(H,65,75)(H,66,81)(H,67,76)(H,68,82)(H,69,77)(H,79,80)(H4,57,58,61)/t32-,33+,34+,36+,37-,38-,39-,40-,41-,42-,43-/m0/s1. The number of aliphatic carboxylic acids is 1. The Bertz CT molecular complexity index is 2310. The highest BCUT2D eigenvalue weighted by molar-refractivity contribution is 5.99. The first-order chi connectivity index (χ1) is 38.9. The average Bonchev–Trinajstić information content (AvgIpc) is 4.30. The van der Waals surface area contributed by atoms with Crippen LogP contribution >= 0.6 is 0 Å². The monoisotopic (exact) mass is 1160 g/mol. The molecule has 3 aliphatic carbocycles. The first-order valence-corrected chi connectivity index (χ1v) is 28.9. The van der Waals surface area contributed by atoms with Gasteiger partial charge >= 0.3 is 5.97 Å². The Labute approximate surface area is 479 Å². The molecular weight excluding hydrogens is 1060 g/mol. The number of nitrogens with one attached hydrogen (secondary N) is 9. The maximum absolute atomic E-state index is 14.6. The van der Waals surface area contributed by atoms with Gasteiger partial charge in [0, 0.05) is 18.5 Å². The van der Waals surface area contributed by atoms with Crippen LogP contribution < -0.4 is 70.8 Å². The van der Waals surface area contributed by atoms with Crippen molar-refractivity contribution in [3.8, 4) is 0 Å². The van der Waals surface area contributed by atoms with Crippen molar-refractivity contribution >= 4 is 59.2 Å². The lowest BCUT2D eigenvalue weighted by atomic mass is 9.80. The molecule has 0 radical (unpaired) electrons. The van der Waals surface area contributed by atoms with Gasteiger partial charge in [0.25, 0.3) is 0 Å². The zero-order valence-electron chi connectivity index (χ0n) is 47.7. The fourth-order valence-electron chi connectivity index (χ4n) is 10.4. The number of hydrogen-bond donors (Lipinski definition) is 17. The molecule has 11 atom stereocenters. The highest BCUT2D eigenvalue weighted by Crippen LogP contribution is 2.40. The lowest BCUT2D eigenvalue weighted by Gasteiger charge is -2.39. The van der Waals surface area contributed by atoms with E-state index in [2.05, 4.69) is 59.7 Å². The molecule has 0 aromatic heterocycles. The summed E-state index contributed by atoms with van der Waals surface area (Å²) in [6.45, 7) is 3.60. The minimum Gasteiger partial charge on any atom is -0.480 e. The number of rotatable bonds is 35. The molecule has 0 unspecified atom stereocenters. The molecule has 1 aromatic rings. The van der Waals surface area contributed by atoms with Crippen LogP contribution in [-0.2, 0) is 43.2 Å². The molecule has 4 rings (SSSR count). The third-order valence-corrected chi connectivity index (χ3v) is 15.5. The van der Waals surface area contributed by atoms with Crippen LogP contribution in [0, 0.1) is 0 Å². The predicted molar refractivity (Wildman–Crippen MR) is 303 cm³/mol. The maximum Gasteiger partial charge on any atom is 0.328 e.